The Morgan fingerprint density at radius 1 is 0.947 bits per heavy atom. The molecule has 1 rings (SSSR count). The number of carboxylic acids is 1. The molecule has 1 aliphatic carbocycles. The molecule has 0 spiro atoms. The van der Waals surface area contributed by atoms with Gasteiger partial charge in [-0.15, -0.1) is 0 Å². The minimum Gasteiger partial charge on any atom is -0.481 e. The van der Waals surface area contributed by atoms with Gasteiger partial charge in [0.1, 0.15) is 0 Å². The Balaban J connectivity index is 1.91. The summed E-state index contributed by atoms with van der Waals surface area (Å²) in [5.74, 6) is -0.260. The molecule has 0 aromatic heterocycles. The predicted molar refractivity (Wildman–Crippen MR) is 72.9 cm³/mol. The van der Waals surface area contributed by atoms with Crippen molar-refractivity contribution < 1.29 is 19.4 Å². The van der Waals surface area contributed by atoms with E-state index >= 15 is 0 Å². The monoisotopic (exact) mass is 270 g/mol. The van der Waals surface area contributed by atoms with Gasteiger partial charge in [-0.2, -0.15) is 0 Å². The zero-order valence-corrected chi connectivity index (χ0v) is 11.7. The minimum absolute atomic E-state index is 0.0937. The van der Waals surface area contributed by atoms with E-state index in [9.17, 15) is 9.59 Å². The highest BCUT2D eigenvalue weighted by Crippen LogP contribution is 2.23. The SMILES string of the molecule is O=C(O)CCCCCCC(=O)OCC1CCCCC1. The van der Waals surface area contributed by atoms with Crippen LogP contribution in [0.3, 0.4) is 0 Å². The van der Waals surface area contributed by atoms with Crippen molar-refractivity contribution in [2.45, 2.75) is 70.6 Å². The van der Waals surface area contributed by atoms with E-state index in [-0.39, 0.29) is 12.4 Å². The molecule has 0 aromatic rings. The number of rotatable bonds is 9. The van der Waals surface area contributed by atoms with E-state index in [1.165, 1.54) is 32.1 Å². The van der Waals surface area contributed by atoms with E-state index in [0.717, 1.165) is 19.3 Å². The second kappa shape index (κ2) is 9.82. The van der Waals surface area contributed by atoms with Gasteiger partial charge in [0.2, 0.25) is 0 Å². The summed E-state index contributed by atoms with van der Waals surface area (Å²) in [4.78, 5) is 21.8. The van der Waals surface area contributed by atoms with Crippen LogP contribution < -0.4 is 0 Å². The molecule has 0 unspecified atom stereocenters. The highest BCUT2D eigenvalue weighted by Gasteiger charge is 2.15. The number of unbranched alkanes of at least 4 members (excludes halogenated alkanes) is 3. The van der Waals surface area contributed by atoms with Crippen LogP contribution >= 0.6 is 0 Å². The van der Waals surface area contributed by atoms with Gasteiger partial charge < -0.3 is 9.84 Å². The maximum atomic E-state index is 11.5. The van der Waals surface area contributed by atoms with Gasteiger partial charge in [-0.05, 0) is 31.6 Å². The van der Waals surface area contributed by atoms with Crippen LogP contribution in [0.4, 0.5) is 0 Å². The van der Waals surface area contributed by atoms with Gasteiger partial charge in [0.05, 0.1) is 6.61 Å². The summed E-state index contributed by atoms with van der Waals surface area (Å²) in [6.07, 6.45) is 10.2. The first-order chi connectivity index (χ1) is 9.18. The smallest absolute Gasteiger partial charge is 0.305 e. The van der Waals surface area contributed by atoms with Crippen LogP contribution in [-0.2, 0) is 14.3 Å². The topological polar surface area (TPSA) is 63.6 Å². The summed E-state index contributed by atoms with van der Waals surface area (Å²) in [6, 6.07) is 0. The quantitative estimate of drug-likeness (QED) is 0.514. The Morgan fingerprint density at radius 2 is 1.58 bits per heavy atom. The average molecular weight is 270 g/mol. The zero-order chi connectivity index (χ0) is 13.9. The third kappa shape index (κ3) is 8.62. The molecule has 0 bridgehead atoms. The zero-order valence-electron chi connectivity index (χ0n) is 11.7. The van der Waals surface area contributed by atoms with Gasteiger partial charge in [0.15, 0.2) is 0 Å². The van der Waals surface area contributed by atoms with Gasteiger partial charge in [-0.25, -0.2) is 0 Å². The molecule has 4 heteroatoms. The van der Waals surface area contributed by atoms with E-state index in [1.807, 2.05) is 0 Å². The Bertz CT molecular complexity index is 269. The number of hydrogen-bond acceptors (Lipinski definition) is 3. The van der Waals surface area contributed by atoms with Crippen molar-refractivity contribution in [3.8, 4) is 0 Å². The second-order valence-corrected chi connectivity index (χ2v) is 5.50. The van der Waals surface area contributed by atoms with E-state index in [1.54, 1.807) is 0 Å². The Morgan fingerprint density at radius 3 is 2.21 bits per heavy atom. The molecule has 0 heterocycles. The molecule has 4 nitrogen and oxygen atoms in total. The highest BCUT2D eigenvalue weighted by atomic mass is 16.5. The average Bonchev–Trinajstić information content (AvgIpc) is 2.41. The fraction of sp³-hybridized carbons (Fsp3) is 0.867. The summed E-state index contributed by atoms with van der Waals surface area (Å²) in [5, 5.41) is 8.48. The maximum Gasteiger partial charge on any atom is 0.305 e. The molecule has 0 aromatic carbocycles. The number of aliphatic carboxylic acids is 1. The van der Waals surface area contributed by atoms with Gasteiger partial charge in [-0.3, -0.25) is 9.59 Å². The number of ether oxygens (including phenoxy) is 1. The van der Waals surface area contributed by atoms with Gasteiger partial charge in [0, 0.05) is 12.8 Å². The molecule has 0 aliphatic heterocycles. The number of carbonyl (C=O) groups is 2. The Kier molecular flexibility index (Phi) is 8.26. The largest absolute Gasteiger partial charge is 0.481 e. The normalized spacial score (nSPS) is 16.2. The lowest BCUT2D eigenvalue weighted by molar-refractivity contribution is -0.145. The third-order valence-electron chi connectivity index (χ3n) is 3.73. The minimum atomic E-state index is -0.744. The van der Waals surface area contributed by atoms with Crippen LogP contribution in [0.25, 0.3) is 0 Å². The van der Waals surface area contributed by atoms with Crippen LogP contribution in [-0.4, -0.2) is 23.7 Å². The molecule has 110 valence electrons. The fourth-order valence-corrected chi connectivity index (χ4v) is 2.54. The van der Waals surface area contributed by atoms with Crippen molar-refractivity contribution in [1.29, 1.82) is 0 Å². The second-order valence-electron chi connectivity index (χ2n) is 5.50. The third-order valence-corrected chi connectivity index (χ3v) is 3.73. The lowest BCUT2D eigenvalue weighted by Crippen LogP contribution is -2.16. The van der Waals surface area contributed by atoms with Crippen molar-refractivity contribution in [1.82, 2.24) is 0 Å². The van der Waals surface area contributed by atoms with E-state index < -0.39 is 5.97 Å². The van der Waals surface area contributed by atoms with Crippen molar-refractivity contribution in [2.24, 2.45) is 5.92 Å². The molecule has 1 fully saturated rings. The van der Waals surface area contributed by atoms with Gasteiger partial charge in [-0.1, -0.05) is 32.1 Å². The van der Waals surface area contributed by atoms with E-state index in [0.29, 0.717) is 25.4 Å². The fourth-order valence-electron chi connectivity index (χ4n) is 2.54. The van der Waals surface area contributed by atoms with E-state index in [4.69, 9.17) is 9.84 Å². The Labute approximate surface area is 115 Å². The van der Waals surface area contributed by atoms with E-state index in [2.05, 4.69) is 0 Å². The molecule has 1 aliphatic rings. The summed E-state index contributed by atoms with van der Waals surface area (Å²) in [6.45, 7) is 0.595. The molecule has 1 saturated carbocycles. The molecular weight excluding hydrogens is 244 g/mol. The molecular formula is C15H26O4. The molecule has 0 amide bonds. The lowest BCUT2D eigenvalue weighted by Gasteiger charge is -2.20. The van der Waals surface area contributed by atoms with Crippen molar-refractivity contribution in [3.05, 3.63) is 0 Å². The highest BCUT2D eigenvalue weighted by molar-refractivity contribution is 5.69. The van der Waals surface area contributed by atoms with Crippen molar-refractivity contribution >= 4 is 11.9 Å². The number of hydrogen-bond donors (Lipinski definition) is 1. The van der Waals surface area contributed by atoms with Crippen LogP contribution in [0, 0.1) is 5.92 Å². The van der Waals surface area contributed by atoms with Crippen LogP contribution in [0.5, 0.6) is 0 Å². The van der Waals surface area contributed by atoms with Crippen LogP contribution in [0.15, 0.2) is 0 Å². The molecule has 0 atom stereocenters. The lowest BCUT2D eigenvalue weighted by atomic mass is 9.90. The van der Waals surface area contributed by atoms with Gasteiger partial charge in [0.25, 0.3) is 0 Å². The van der Waals surface area contributed by atoms with Crippen molar-refractivity contribution in [3.63, 3.8) is 0 Å². The summed E-state index contributed by atoms with van der Waals surface area (Å²) in [7, 11) is 0. The molecule has 0 saturated heterocycles. The first-order valence-electron chi connectivity index (χ1n) is 7.56. The summed E-state index contributed by atoms with van der Waals surface area (Å²) >= 11 is 0. The summed E-state index contributed by atoms with van der Waals surface area (Å²) < 4.78 is 5.29. The van der Waals surface area contributed by atoms with Gasteiger partial charge >= 0.3 is 11.9 Å². The first-order valence-corrected chi connectivity index (χ1v) is 7.56. The Hall–Kier alpha value is -1.06. The first kappa shape index (κ1) is 16.0. The predicted octanol–water partition coefficient (Wildman–Crippen LogP) is 3.54. The maximum absolute atomic E-state index is 11.5. The molecule has 1 N–H and O–H groups in total. The molecule has 19 heavy (non-hydrogen) atoms. The standard InChI is InChI=1S/C15H26O4/c16-14(17)10-6-1-2-7-11-15(18)19-12-13-8-4-3-5-9-13/h13H,1-12H2,(H,16,17). The van der Waals surface area contributed by atoms with Crippen LogP contribution in [0.1, 0.15) is 70.6 Å². The van der Waals surface area contributed by atoms with Crippen molar-refractivity contribution in [2.75, 3.05) is 6.61 Å². The van der Waals surface area contributed by atoms with Crippen LogP contribution in [0.2, 0.25) is 0 Å². The summed E-state index contributed by atoms with van der Waals surface area (Å²) in [5.41, 5.74) is 0. The number of carbonyl (C=O) groups excluding carboxylic acids is 1. The molecule has 0 radical (unpaired) electrons. The number of esters is 1. The number of carboxylic acid groups (broad SMARTS) is 1.